The van der Waals surface area contributed by atoms with Gasteiger partial charge in [-0.2, -0.15) is 0 Å². The number of unbranched alkanes of at least 4 members (excludes halogenated alkanes) is 9. The highest BCUT2D eigenvalue weighted by Gasteiger charge is 2.28. The number of phenolic OH excluding ortho intramolecular Hbond substituents is 1. The molecule has 0 saturated heterocycles. The summed E-state index contributed by atoms with van der Waals surface area (Å²) in [7, 11) is 0. The molecule has 142 valence electrons. The van der Waals surface area contributed by atoms with Crippen molar-refractivity contribution in [2.75, 3.05) is 5.75 Å². The predicted molar refractivity (Wildman–Crippen MR) is 109 cm³/mol. The maximum Gasteiger partial charge on any atom is 0.203 e. The molecule has 0 fully saturated rings. The van der Waals surface area contributed by atoms with Crippen LogP contribution >= 0.6 is 11.8 Å². The van der Waals surface area contributed by atoms with E-state index < -0.39 is 0 Å². The van der Waals surface area contributed by atoms with E-state index in [1.807, 2.05) is 0 Å². The summed E-state index contributed by atoms with van der Waals surface area (Å²) in [6.07, 6.45) is 14.2. The number of hydrogen-bond donors (Lipinski definition) is 1. The summed E-state index contributed by atoms with van der Waals surface area (Å²) in [6.45, 7) is 2.24. The van der Waals surface area contributed by atoms with Crippen LogP contribution in [-0.4, -0.2) is 22.4 Å². The largest absolute Gasteiger partial charge is 0.507 e. The van der Waals surface area contributed by atoms with Gasteiger partial charge in [0.2, 0.25) is 5.78 Å². The van der Waals surface area contributed by atoms with Crippen LogP contribution in [0.4, 0.5) is 0 Å². The number of carbonyl (C=O) groups is 2. The molecule has 0 aromatic heterocycles. The van der Waals surface area contributed by atoms with Gasteiger partial charge in [0.05, 0.1) is 10.5 Å². The lowest BCUT2D eigenvalue weighted by Gasteiger charge is -2.15. The molecule has 0 atom stereocenters. The Morgan fingerprint density at radius 1 is 0.885 bits per heavy atom. The highest BCUT2D eigenvalue weighted by molar-refractivity contribution is 8.04. The Morgan fingerprint density at radius 3 is 2.15 bits per heavy atom. The lowest BCUT2D eigenvalue weighted by molar-refractivity contribution is 0.0989. The number of carbonyl (C=O) groups excluding carboxylic acids is 2. The van der Waals surface area contributed by atoms with Gasteiger partial charge in [-0.25, -0.2) is 0 Å². The van der Waals surface area contributed by atoms with Crippen molar-refractivity contribution in [3.05, 3.63) is 40.3 Å². The van der Waals surface area contributed by atoms with Gasteiger partial charge in [0, 0.05) is 11.6 Å². The molecule has 0 aliphatic heterocycles. The van der Waals surface area contributed by atoms with Crippen molar-refractivity contribution in [2.45, 2.75) is 71.1 Å². The Hall–Kier alpha value is -1.55. The molecule has 0 radical (unpaired) electrons. The molecule has 0 bridgehead atoms. The zero-order chi connectivity index (χ0) is 18.8. The Bertz CT molecular complexity index is 649. The van der Waals surface area contributed by atoms with Crippen molar-refractivity contribution in [1.29, 1.82) is 0 Å². The number of hydrogen-bond acceptors (Lipinski definition) is 4. The minimum atomic E-state index is -0.227. The summed E-state index contributed by atoms with van der Waals surface area (Å²) >= 11 is 1.44. The van der Waals surface area contributed by atoms with E-state index in [0.29, 0.717) is 10.5 Å². The SMILES string of the molecule is CCCCCCCCCCCCSC1=CC(=O)c2cccc(O)c2C1=O. The number of Topliss-reactive ketones (excluding diaryl/α,β-unsaturated/α-hetero) is 1. The molecule has 26 heavy (non-hydrogen) atoms. The first-order valence-electron chi connectivity index (χ1n) is 9.90. The number of aromatic hydroxyl groups is 1. The van der Waals surface area contributed by atoms with E-state index in [1.165, 1.54) is 81.7 Å². The van der Waals surface area contributed by atoms with E-state index in [1.54, 1.807) is 12.1 Å². The standard InChI is InChI=1S/C22H30O3S/c1-2-3-4-5-6-7-8-9-10-11-15-26-20-16-19(24)17-13-12-14-18(23)21(17)22(20)25/h12-14,16,23H,2-11,15H2,1H3. The lowest BCUT2D eigenvalue weighted by Crippen LogP contribution is -2.15. The van der Waals surface area contributed by atoms with Crippen LogP contribution in [0, 0.1) is 0 Å². The van der Waals surface area contributed by atoms with Crippen LogP contribution in [0.15, 0.2) is 29.2 Å². The molecule has 0 amide bonds. The normalized spacial score (nSPS) is 13.7. The fraction of sp³-hybridized carbons (Fsp3) is 0.545. The number of rotatable bonds is 12. The summed E-state index contributed by atoms with van der Waals surface area (Å²) in [5.74, 6) is 0.312. The number of ketones is 2. The minimum absolute atomic E-state index is 0.106. The van der Waals surface area contributed by atoms with Crippen molar-refractivity contribution in [1.82, 2.24) is 0 Å². The van der Waals surface area contributed by atoms with E-state index in [2.05, 4.69) is 6.92 Å². The smallest absolute Gasteiger partial charge is 0.203 e. The molecule has 3 nitrogen and oxygen atoms in total. The van der Waals surface area contributed by atoms with E-state index in [-0.39, 0.29) is 22.9 Å². The van der Waals surface area contributed by atoms with Gasteiger partial charge in [0.25, 0.3) is 0 Å². The molecule has 0 spiro atoms. The Balaban J connectivity index is 1.64. The second-order valence-electron chi connectivity index (χ2n) is 6.93. The molecule has 2 rings (SSSR count). The molecule has 1 aromatic rings. The van der Waals surface area contributed by atoms with Crippen molar-refractivity contribution in [3.63, 3.8) is 0 Å². The summed E-state index contributed by atoms with van der Waals surface area (Å²) in [6, 6.07) is 4.64. The van der Waals surface area contributed by atoms with E-state index >= 15 is 0 Å². The van der Waals surface area contributed by atoms with Crippen molar-refractivity contribution < 1.29 is 14.7 Å². The predicted octanol–water partition coefficient (Wildman–Crippen LogP) is 6.31. The van der Waals surface area contributed by atoms with Gasteiger partial charge in [-0.1, -0.05) is 76.8 Å². The summed E-state index contributed by atoms with van der Waals surface area (Å²) in [4.78, 5) is 25.1. The van der Waals surface area contributed by atoms with Gasteiger partial charge in [-0.05, 0) is 18.2 Å². The Morgan fingerprint density at radius 2 is 1.50 bits per heavy atom. The van der Waals surface area contributed by atoms with Crippen LogP contribution in [0.3, 0.4) is 0 Å². The first-order chi connectivity index (χ1) is 12.6. The summed E-state index contributed by atoms with van der Waals surface area (Å²) < 4.78 is 0. The van der Waals surface area contributed by atoms with Crippen LogP contribution in [-0.2, 0) is 0 Å². The average molecular weight is 375 g/mol. The number of allylic oxidation sites excluding steroid dienone is 2. The van der Waals surface area contributed by atoms with E-state index in [4.69, 9.17) is 0 Å². The fourth-order valence-electron chi connectivity index (χ4n) is 3.25. The van der Waals surface area contributed by atoms with Crippen molar-refractivity contribution in [2.24, 2.45) is 0 Å². The van der Waals surface area contributed by atoms with Crippen LogP contribution < -0.4 is 0 Å². The number of phenols is 1. The van der Waals surface area contributed by atoms with Crippen molar-refractivity contribution in [3.8, 4) is 5.75 Å². The molecule has 0 saturated carbocycles. The maximum atomic E-state index is 12.5. The van der Waals surface area contributed by atoms with Crippen LogP contribution in [0.1, 0.15) is 91.8 Å². The van der Waals surface area contributed by atoms with Crippen LogP contribution in [0.25, 0.3) is 0 Å². The fourth-order valence-corrected chi connectivity index (χ4v) is 4.24. The first kappa shape index (κ1) is 20.8. The van der Waals surface area contributed by atoms with Gasteiger partial charge in [0.1, 0.15) is 5.75 Å². The summed E-state index contributed by atoms with van der Waals surface area (Å²) in [5, 5.41) is 9.91. The Kier molecular flexibility index (Phi) is 8.96. The monoisotopic (exact) mass is 374 g/mol. The van der Waals surface area contributed by atoms with E-state index in [9.17, 15) is 14.7 Å². The topological polar surface area (TPSA) is 54.4 Å². The highest BCUT2D eigenvalue weighted by Crippen LogP contribution is 2.33. The second-order valence-corrected chi connectivity index (χ2v) is 8.07. The van der Waals surface area contributed by atoms with Crippen molar-refractivity contribution >= 4 is 23.3 Å². The third kappa shape index (κ3) is 6.01. The zero-order valence-electron chi connectivity index (χ0n) is 15.8. The third-order valence-electron chi connectivity index (χ3n) is 4.78. The van der Waals surface area contributed by atoms with Gasteiger partial charge < -0.3 is 5.11 Å². The van der Waals surface area contributed by atoms with Crippen LogP contribution in [0.5, 0.6) is 5.75 Å². The lowest BCUT2D eigenvalue weighted by atomic mass is 9.94. The highest BCUT2D eigenvalue weighted by atomic mass is 32.2. The molecule has 1 aromatic carbocycles. The molecule has 1 aliphatic carbocycles. The zero-order valence-corrected chi connectivity index (χ0v) is 16.6. The van der Waals surface area contributed by atoms with Gasteiger partial charge >= 0.3 is 0 Å². The molecule has 0 unspecified atom stereocenters. The maximum absolute atomic E-state index is 12.5. The average Bonchev–Trinajstić information content (AvgIpc) is 2.63. The van der Waals surface area contributed by atoms with Crippen LogP contribution in [0.2, 0.25) is 0 Å². The second kappa shape index (κ2) is 11.2. The Labute approximate surface area is 161 Å². The molecule has 0 heterocycles. The van der Waals surface area contributed by atoms with Gasteiger partial charge in [0.15, 0.2) is 5.78 Å². The molecular weight excluding hydrogens is 344 g/mol. The molecular formula is C22H30O3S. The first-order valence-corrected chi connectivity index (χ1v) is 10.9. The minimum Gasteiger partial charge on any atom is -0.507 e. The van der Waals surface area contributed by atoms with Gasteiger partial charge in [-0.15, -0.1) is 11.8 Å². The molecule has 4 heteroatoms. The van der Waals surface area contributed by atoms with Gasteiger partial charge in [-0.3, -0.25) is 9.59 Å². The number of thioether (sulfide) groups is 1. The summed E-state index contributed by atoms with van der Waals surface area (Å²) in [5.41, 5.74) is 0.462. The quantitative estimate of drug-likeness (QED) is 0.436. The number of benzene rings is 1. The number of fused-ring (bicyclic) bond motifs is 1. The molecule has 1 N–H and O–H groups in total. The third-order valence-corrected chi connectivity index (χ3v) is 5.88. The molecule has 1 aliphatic rings. The van der Waals surface area contributed by atoms with E-state index in [0.717, 1.165) is 12.2 Å².